The molecule has 3 atom stereocenters. The summed E-state index contributed by atoms with van der Waals surface area (Å²) in [6.45, 7) is 8.41. The van der Waals surface area contributed by atoms with Crippen molar-refractivity contribution in [3.05, 3.63) is 0 Å². The zero-order valence-corrected chi connectivity index (χ0v) is 14.1. The van der Waals surface area contributed by atoms with E-state index in [1.54, 1.807) is 11.8 Å². The zero-order valence-electron chi connectivity index (χ0n) is 13.3. The first kappa shape index (κ1) is 16.7. The lowest BCUT2D eigenvalue weighted by atomic mass is 9.54. The molecule has 0 aromatic heterocycles. The summed E-state index contributed by atoms with van der Waals surface area (Å²) in [7, 11) is -3.04. The maximum absolute atomic E-state index is 12.8. The summed E-state index contributed by atoms with van der Waals surface area (Å²) in [6.07, 6.45) is 0.461. The number of carbonyl (C=O) groups excluding carboxylic acids is 1. The molecule has 1 aliphatic heterocycles. The lowest BCUT2D eigenvalue weighted by Gasteiger charge is -2.59. The van der Waals surface area contributed by atoms with Crippen LogP contribution in [0.5, 0.6) is 0 Å². The smallest absolute Gasteiger partial charge is 0.243 e. The molecule has 6 nitrogen and oxygen atoms in total. The summed E-state index contributed by atoms with van der Waals surface area (Å²) in [6, 6.07) is -0.321. The molecular weight excluding hydrogens is 292 g/mol. The molecule has 2 fully saturated rings. The summed E-state index contributed by atoms with van der Waals surface area (Å²) in [5.41, 5.74) is 4.97. The number of nitrogens with zero attached hydrogens (tertiary/aromatic N) is 1. The van der Waals surface area contributed by atoms with Gasteiger partial charge < -0.3 is 15.4 Å². The van der Waals surface area contributed by atoms with Crippen molar-refractivity contribution in [2.75, 3.05) is 24.7 Å². The molecule has 0 radical (unpaired) electrons. The first-order chi connectivity index (χ1) is 9.55. The van der Waals surface area contributed by atoms with Gasteiger partial charge in [-0.15, -0.1) is 0 Å². The van der Waals surface area contributed by atoms with Gasteiger partial charge in [-0.1, -0.05) is 13.8 Å². The number of sulfone groups is 1. The second kappa shape index (κ2) is 5.21. The van der Waals surface area contributed by atoms with Crippen LogP contribution in [0.15, 0.2) is 0 Å². The molecule has 0 aromatic rings. The second-order valence-electron chi connectivity index (χ2n) is 6.80. The van der Waals surface area contributed by atoms with Crippen LogP contribution in [-0.2, 0) is 19.4 Å². The number of nitrogens with two attached hydrogens (primary N) is 1. The molecule has 2 N–H and O–H groups in total. The van der Waals surface area contributed by atoms with Gasteiger partial charge >= 0.3 is 0 Å². The van der Waals surface area contributed by atoms with Crippen LogP contribution in [0.25, 0.3) is 0 Å². The minimum Gasteiger partial charge on any atom is -0.378 e. The van der Waals surface area contributed by atoms with Crippen molar-refractivity contribution in [3.8, 4) is 0 Å². The van der Waals surface area contributed by atoms with E-state index in [1.807, 2.05) is 20.8 Å². The van der Waals surface area contributed by atoms with E-state index in [-0.39, 0.29) is 36.1 Å². The fourth-order valence-electron chi connectivity index (χ4n) is 3.35. The molecule has 3 unspecified atom stereocenters. The van der Waals surface area contributed by atoms with Gasteiger partial charge in [-0.3, -0.25) is 4.79 Å². The third-order valence-electron chi connectivity index (χ3n) is 5.14. The van der Waals surface area contributed by atoms with Crippen LogP contribution in [0.2, 0.25) is 0 Å². The summed E-state index contributed by atoms with van der Waals surface area (Å²) in [5, 5.41) is 0. The van der Waals surface area contributed by atoms with Gasteiger partial charge in [0.15, 0.2) is 9.84 Å². The van der Waals surface area contributed by atoms with E-state index in [2.05, 4.69) is 0 Å². The topological polar surface area (TPSA) is 89.7 Å². The van der Waals surface area contributed by atoms with Crippen molar-refractivity contribution in [3.63, 3.8) is 0 Å². The van der Waals surface area contributed by atoms with Crippen LogP contribution in [-0.4, -0.2) is 61.6 Å². The van der Waals surface area contributed by atoms with Crippen LogP contribution >= 0.6 is 0 Å². The van der Waals surface area contributed by atoms with Crippen LogP contribution in [0, 0.1) is 5.41 Å². The van der Waals surface area contributed by atoms with E-state index in [0.717, 1.165) is 0 Å². The largest absolute Gasteiger partial charge is 0.378 e. The van der Waals surface area contributed by atoms with Crippen LogP contribution in [0.3, 0.4) is 0 Å². The molecule has 1 aliphatic carbocycles. The fraction of sp³-hybridized carbons (Fsp3) is 0.929. The Labute approximate surface area is 126 Å². The Morgan fingerprint density at radius 2 is 2.05 bits per heavy atom. The maximum atomic E-state index is 12.8. The van der Waals surface area contributed by atoms with E-state index < -0.39 is 20.8 Å². The Hall–Kier alpha value is -0.660. The fourth-order valence-corrected chi connectivity index (χ4v) is 4.91. The highest BCUT2D eigenvalue weighted by atomic mass is 32.2. The molecule has 122 valence electrons. The zero-order chi connectivity index (χ0) is 16.1. The minimum atomic E-state index is -3.04. The van der Waals surface area contributed by atoms with Gasteiger partial charge in [0, 0.05) is 31.0 Å². The molecule has 2 aliphatic rings. The first-order valence-electron chi connectivity index (χ1n) is 7.47. The maximum Gasteiger partial charge on any atom is 0.243 e. The highest BCUT2D eigenvalue weighted by Gasteiger charge is 2.64. The monoisotopic (exact) mass is 318 g/mol. The summed E-state index contributed by atoms with van der Waals surface area (Å²) in [5.74, 6) is -0.107. The van der Waals surface area contributed by atoms with Crippen molar-refractivity contribution in [2.24, 2.45) is 11.1 Å². The summed E-state index contributed by atoms with van der Waals surface area (Å²) < 4.78 is 28.9. The van der Waals surface area contributed by atoms with Crippen molar-refractivity contribution in [1.82, 2.24) is 4.90 Å². The van der Waals surface area contributed by atoms with E-state index in [9.17, 15) is 13.2 Å². The molecule has 1 amide bonds. The summed E-state index contributed by atoms with van der Waals surface area (Å²) >= 11 is 0. The Kier molecular flexibility index (Phi) is 4.14. The van der Waals surface area contributed by atoms with Crippen LogP contribution in [0.4, 0.5) is 0 Å². The number of hydrogen-bond donors (Lipinski definition) is 1. The van der Waals surface area contributed by atoms with E-state index in [1.165, 1.54) is 0 Å². The molecule has 0 aromatic carbocycles. The standard InChI is InChI=1S/C14H26N2O4S/c1-5-20-11-8-14(15,13(11,3)4)12(17)16-6-7-21(18,19)9-10(16)2/h10-11H,5-9,15H2,1-4H3. The van der Waals surface area contributed by atoms with Gasteiger partial charge in [0.1, 0.15) is 5.54 Å². The van der Waals surface area contributed by atoms with Gasteiger partial charge in [0.05, 0.1) is 17.6 Å². The SMILES string of the molecule is CCOC1CC(N)(C(=O)N2CCS(=O)(=O)CC2C)C1(C)C. The molecule has 1 saturated carbocycles. The number of rotatable bonds is 3. The third-order valence-corrected chi connectivity index (χ3v) is 6.94. The average molecular weight is 318 g/mol. The lowest BCUT2D eigenvalue weighted by molar-refractivity contribution is -0.180. The Morgan fingerprint density at radius 1 is 1.43 bits per heavy atom. The second-order valence-corrected chi connectivity index (χ2v) is 9.03. The summed E-state index contributed by atoms with van der Waals surface area (Å²) in [4.78, 5) is 14.5. The Bertz CT molecular complexity index is 531. The van der Waals surface area contributed by atoms with Gasteiger partial charge in [-0.25, -0.2) is 8.42 Å². The average Bonchev–Trinajstić information content (AvgIpc) is 2.36. The van der Waals surface area contributed by atoms with Crippen LogP contribution < -0.4 is 5.73 Å². The Morgan fingerprint density at radius 3 is 2.52 bits per heavy atom. The van der Waals surface area contributed by atoms with Crippen molar-refractivity contribution in [2.45, 2.75) is 51.8 Å². The minimum absolute atomic E-state index is 0.0180. The number of hydrogen-bond acceptors (Lipinski definition) is 5. The van der Waals surface area contributed by atoms with Gasteiger partial charge in [0.25, 0.3) is 0 Å². The number of carbonyl (C=O) groups is 1. The van der Waals surface area contributed by atoms with Gasteiger partial charge in [-0.2, -0.15) is 0 Å². The predicted octanol–water partition coefficient (Wildman–Crippen LogP) is 0.164. The third kappa shape index (κ3) is 2.59. The highest BCUT2D eigenvalue weighted by Crippen LogP contribution is 2.50. The van der Waals surface area contributed by atoms with Crippen LogP contribution in [0.1, 0.15) is 34.1 Å². The van der Waals surface area contributed by atoms with Gasteiger partial charge in [-0.05, 0) is 13.8 Å². The Balaban J connectivity index is 2.14. The van der Waals surface area contributed by atoms with E-state index >= 15 is 0 Å². The molecule has 7 heteroatoms. The highest BCUT2D eigenvalue weighted by molar-refractivity contribution is 7.91. The van der Waals surface area contributed by atoms with Gasteiger partial charge in [0.2, 0.25) is 5.91 Å². The molecule has 0 bridgehead atoms. The predicted molar refractivity (Wildman–Crippen MR) is 80.6 cm³/mol. The molecular formula is C14H26N2O4S. The molecule has 2 rings (SSSR count). The van der Waals surface area contributed by atoms with Crippen molar-refractivity contribution < 1.29 is 17.9 Å². The lowest BCUT2D eigenvalue weighted by Crippen LogP contribution is -2.77. The quantitative estimate of drug-likeness (QED) is 0.801. The molecule has 21 heavy (non-hydrogen) atoms. The number of ether oxygens (including phenoxy) is 1. The van der Waals surface area contributed by atoms with E-state index in [0.29, 0.717) is 13.0 Å². The normalized spacial score (nSPS) is 37.9. The first-order valence-corrected chi connectivity index (χ1v) is 9.29. The number of amides is 1. The molecule has 1 saturated heterocycles. The van der Waals surface area contributed by atoms with Crippen molar-refractivity contribution >= 4 is 15.7 Å². The van der Waals surface area contributed by atoms with Crippen molar-refractivity contribution in [1.29, 1.82) is 0 Å². The molecule has 1 heterocycles. The van der Waals surface area contributed by atoms with E-state index in [4.69, 9.17) is 10.5 Å². The molecule has 0 spiro atoms.